The molecule has 1 aliphatic rings. The van der Waals surface area contributed by atoms with E-state index in [1.807, 2.05) is 6.07 Å². The topological polar surface area (TPSA) is 37.3 Å². The Hall–Kier alpha value is -2.68. The van der Waals surface area contributed by atoms with Gasteiger partial charge in [-0.2, -0.15) is 0 Å². The molecular formula is C20H17FO2. The maximum atomic E-state index is 13.8. The maximum absolute atomic E-state index is 13.8. The fourth-order valence-electron chi connectivity index (χ4n) is 2.79. The Morgan fingerprint density at radius 2 is 1.70 bits per heavy atom. The van der Waals surface area contributed by atoms with Crippen LogP contribution in [0.15, 0.2) is 71.5 Å². The first-order valence-electron chi connectivity index (χ1n) is 7.64. The third kappa shape index (κ3) is 3.24. The summed E-state index contributed by atoms with van der Waals surface area (Å²) in [5.74, 6) is -0.509. The first-order valence-corrected chi connectivity index (χ1v) is 7.64. The van der Waals surface area contributed by atoms with Crippen molar-refractivity contribution in [2.75, 3.05) is 0 Å². The van der Waals surface area contributed by atoms with Gasteiger partial charge in [-0.1, -0.05) is 48.5 Å². The standard InChI is InChI=1S/C20H17FO2/c21-18-12-5-4-9-15(18)13-16-10-6-11-17(20(16)23)19(22)14-7-2-1-3-8-14/h1-5,7-9,12-13,23H,6,10-11H2/b16-13+. The zero-order valence-corrected chi connectivity index (χ0v) is 12.6. The van der Waals surface area contributed by atoms with Crippen molar-refractivity contribution in [1.29, 1.82) is 0 Å². The number of carbonyl (C=O) groups excluding carboxylic acids is 1. The van der Waals surface area contributed by atoms with Crippen LogP contribution in [-0.4, -0.2) is 10.9 Å². The molecule has 3 heteroatoms. The van der Waals surface area contributed by atoms with Crippen molar-refractivity contribution in [3.05, 3.63) is 88.4 Å². The molecule has 0 bridgehead atoms. The van der Waals surface area contributed by atoms with Crippen LogP contribution < -0.4 is 0 Å². The molecular weight excluding hydrogens is 291 g/mol. The largest absolute Gasteiger partial charge is 0.507 e. The molecule has 0 spiro atoms. The van der Waals surface area contributed by atoms with Gasteiger partial charge in [-0.05, 0) is 37.0 Å². The van der Waals surface area contributed by atoms with Crippen molar-refractivity contribution in [2.45, 2.75) is 19.3 Å². The van der Waals surface area contributed by atoms with Gasteiger partial charge < -0.3 is 5.11 Å². The number of allylic oxidation sites excluding steroid dienone is 2. The molecule has 0 atom stereocenters. The van der Waals surface area contributed by atoms with Crippen LogP contribution in [0.3, 0.4) is 0 Å². The highest BCUT2D eigenvalue weighted by Crippen LogP contribution is 2.31. The van der Waals surface area contributed by atoms with Crippen molar-refractivity contribution in [3.63, 3.8) is 0 Å². The SMILES string of the molecule is O=C(C1=C(O)/C(=C/c2ccccc2F)CCC1)c1ccccc1. The van der Waals surface area contributed by atoms with Crippen LogP contribution in [0.1, 0.15) is 35.2 Å². The molecule has 2 aromatic carbocycles. The molecule has 23 heavy (non-hydrogen) atoms. The molecule has 0 fully saturated rings. The Labute approximate surface area is 134 Å². The number of aliphatic hydroxyl groups excluding tert-OH is 1. The fraction of sp³-hybridized carbons (Fsp3) is 0.150. The number of hydrogen-bond donors (Lipinski definition) is 1. The summed E-state index contributed by atoms with van der Waals surface area (Å²) in [4.78, 5) is 12.6. The normalized spacial score (nSPS) is 16.7. The highest BCUT2D eigenvalue weighted by molar-refractivity contribution is 6.09. The maximum Gasteiger partial charge on any atom is 0.192 e. The van der Waals surface area contributed by atoms with Gasteiger partial charge in [0.2, 0.25) is 0 Å². The van der Waals surface area contributed by atoms with E-state index < -0.39 is 0 Å². The summed E-state index contributed by atoms with van der Waals surface area (Å²) in [6.07, 6.45) is 3.56. The first kappa shape index (κ1) is 15.2. The van der Waals surface area contributed by atoms with Gasteiger partial charge >= 0.3 is 0 Å². The van der Waals surface area contributed by atoms with E-state index in [-0.39, 0.29) is 17.4 Å². The number of rotatable bonds is 3. The lowest BCUT2D eigenvalue weighted by Crippen LogP contribution is -2.12. The first-order chi connectivity index (χ1) is 11.2. The molecule has 0 heterocycles. The van der Waals surface area contributed by atoms with Gasteiger partial charge in [0.25, 0.3) is 0 Å². The lowest BCUT2D eigenvalue weighted by molar-refractivity contribution is 0.102. The third-order valence-electron chi connectivity index (χ3n) is 4.01. The molecule has 2 aromatic rings. The van der Waals surface area contributed by atoms with Crippen LogP contribution in [0, 0.1) is 5.82 Å². The molecule has 0 unspecified atom stereocenters. The second-order valence-corrected chi connectivity index (χ2v) is 5.57. The van der Waals surface area contributed by atoms with E-state index >= 15 is 0 Å². The van der Waals surface area contributed by atoms with Gasteiger partial charge in [-0.15, -0.1) is 0 Å². The summed E-state index contributed by atoms with van der Waals surface area (Å²) >= 11 is 0. The minimum atomic E-state index is -0.339. The number of aliphatic hydroxyl groups is 1. The van der Waals surface area contributed by atoms with Crippen molar-refractivity contribution >= 4 is 11.9 Å². The number of ketones is 1. The summed E-state index contributed by atoms with van der Waals surface area (Å²) in [6.45, 7) is 0. The summed E-state index contributed by atoms with van der Waals surface area (Å²) in [5.41, 5.74) is 1.99. The molecule has 0 radical (unpaired) electrons. The smallest absolute Gasteiger partial charge is 0.192 e. The fourth-order valence-corrected chi connectivity index (χ4v) is 2.79. The van der Waals surface area contributed by atoms with E-state index in [0.29, 0.717) is 35.1 Å². The number of Topliss-reactive ketones (excluding diaryl/α,β-unsaturated/α-hetero) is 1. The molecule has 0 aliphatic heterocycles. The molecule has 0 saturated carbocycles. The van der Waals surface area contributed by atoms with Crippen molar-refractivity contribution in [2.24, 2.45) is 0 Å². The van der Waals surface area contributed by atoms with Gasteiger partial charge in [0.1, 0.15) is 11.6 Å². The molecule has 1 aliphatic carbocycles. The molecule has 3 rings (SSSR count). The van der Waals surface area contributed by atoms with E-state index in [2.05, 4.69) is 0 Å². The minimum absolute atomic E-state index is 0.00615. The van der Waals surface area contributed by atoms with Crippen molar-refractivity contribution < 1.29 is 14.3 Å². The van der Waals surface area contributed by atoms with Gasteiger partial charge in [0.05, 0.1) is 0 Å². The van der Waals surface area contributed by atoms with Gasteiger partial charge in [-0.3, -0.25) is 4.79 Å². The number of hydrogen-bond acceptors (Lipinski definition) is 2. The van der Waals surface area contributed by atoms with Crippen LogP contribution in [0.2, 0.25) is 0 Å². The summed E-state index contributed by atoms with van der Waals surface area (Å²) in [7, 11) is 0. The summed E-state index contributed by atoms with van der Waals surface area (Å²) in [5, 5.41) is 10.5. The minimum Gasteiger partial charge on any atom is -0.507 e. The highest BCUT2D eigenvalue weighted by Gasteiger charge is 2.23. The lowest BCUT2D eigenvalue weighted by Gasteiger charge is -2.18. The van der Waals surface area contributed by atoms with E-state index in [9.17, 15) is 14.3 Å². The summed E-state index contributed by atoms with van der Waals surface area (Å²) < 4.78 is 13.8. The summed E-state index contributed by atoms with van der Waals surface area (Å²) in [6, 6.07) is 15.3. The van der Waals surface area contributed by atoms with Crippen LogP contribution in [0.25, 0.3) is 6.08 Å². The molecule has 2 nitrogen and oxygen atoms in total. The van der Waals surface area contributed by atoms with E-state index in [1.54, 1.807) is 48.5 Å². The van der Waals surface area contributed by atoms with E-state index in [0.717, 1.165) is 6.42 Å². The molecule has 0 aromatic heterocycles. The zero-order chi connectivity index (χ0) is 16.2. The number of carbonyl (C=O) groups is 1. The second-order valence-electron chi connectivity index (χ2n) is 5.57. The van der Waals surface area contributed by atoms with Crippen LogP contribution in [-0.2, 0) is 0 Å². The van der Waals surface area contributed by atoms with Gasteiger partial charge in [-0.25, -0.2) is 4.39 Å². The van der Waals surface area contributed by atoms with Crippen molar-refractivity contribution in [1.82, 2.24) is 0 Å². The second kappa shape index (κ2) is 6.61. The lowest BCUT2D eigenvalue weighted by atomic mass is 9.88. The predicted octanol–water partition coefficient (Wildman–Crippen LogP) is 5.09. The average Bonchev–Trinajstić information content (AvgIpc) is 2.59. The van der Waals surface area contributed by atoms with E-state index in [4.69, 9.17) is 0 Å². The average molecular weight is 308 g/mol. The van der Waals surface area contributed by atoms with Gasteiger partial charge in [0, 0.05) is 16.7 Å². The van der Waals surface area contributed by atoms with Crippen LogP contribution in [0.5, 0.6) is 0 Å². The Bertz CT molecular complexity index is 788. The third-order valence-corrected chi connectivity index (χ3v) is 4.01. The Morgan fingerprint density at radius 1 is 1.00 bits per heavy atom. The van der Waals surface area contributed by atoms with Gasteiger partial charge in [0.15, 0.2) is 5.78 Å². The Morgan fingerprint density at radius 3 is 2.43 bits per heavy atom. The van der Waals surface area contributed by atoms with Crippen molar-refractivity contribution in [3.8, 4) is 0 Å². The highest BCUT2D eigenvalue weighted by atomic mass is 19.1. The molecule has 0 amide bonds. The Kier molecular flexibility index (Phi) is 4.38. The van der Waals surface area contributed by atoms with Crippen LogP contribution in [0.4, 0.5) is 4.39 Å². The molecule has 0 saturated heterocycles. The zero-order valence-electron chi connectivity index (χ0n) is 12.6. The molecule has 116 valence electrons. The monoisotopic (exact) mass is 308 g/mol. The van der Waals surface area contributed by atoms with E-state index in [1.165, 1.54) is 6.07 Å². The number of halogens is 1. The Balaban J connectivity index is 1.98. The quantitative estimate of drug-likeness (QED) is 0.802. The van der Waals surface area contributed by atoms with Crippen LogP contribution >= 0.6 is 0 Å². The molecule has 1 N–H and O–H groups in total. The predicted molar refractivity (Wildman–Crippen MR) is 88.7 cm³/mol. The number of benzene rings is 2.